The molecule has 0 saturated carbocycles. The van der Waals surface area contributed by atoms with Crippen molar-refractivity contribution in [2.45, 2.75) is 27.2 Å². The molecule has 0 unspecified atom stereocenters. The molecule has 5 heteroatoms. The average molecular weight is 264 g/mol. The van der Waals surface area contributed by atoms with E-state index in [9.17, 15) is 8.42 Å². The third kappa shape index (κ3) is 9.56. The molecule has 4 nitrogen and oxygen atoms in total. The van der Waals surface area contributed by atoms with Crippen LogP contribution in [0, 0.1) is 5.41 Å². The van der Waals surface area contributed by atoms with E-state index in [4.69, 9.17) is 0 Å². The summed E-state index contributed by atoms with van der Waals surface area (Å²) in [6.45, 7) is 8.64. The summed E-state index contributed by atoms with van der Waals surface area (Å²) in [6, 6.07) is 0. The zero-order chi connectivity index (χ0) is 13.5. The molecular weight excluding hydrogens is 236 g/mol. The maximum Gasteiger partial charge on any atom is 0.151 e. The van der Waals surface area contributed by atoms with Crippen molar-refractivity contribution < 1.29 is 8.42 Å². The Morgan fingerprint density at radius 3 is 2.24 bits per heavy atom. The largest absolute Gasteiger partial charge is 0.315 e. The fourth-order valence-corrected chi connectivity index (χ4v) is 3.26. The Morgan fingerprint density at radius 1 is 1.18 bits per heavy atom. The first-order chi connectivity index (χ1) is 7.68. The van der Waals surface area contributed by atoms with Gasteiger partial charge in [-0.05, 0) is 25.9 Å². The third-order valence-corrected chi connectivity index (χ3v) is 4.31. The van der Waals surface area contributed by atoms with Gasteiger partial charge in [0.25, 0.3) is 0 Å². The molecule has 17 heavy (non-hydrogen) atoms. The van der Waals surface area contributed by atoms with Crippen LogP contribution in [0.4, 0.5) is 0 Å². The molecule has 0 aliphatic carbocycles. The second kappa shape index (κ2) is 7.34. The molecule has 0 spiro atoms. The van der Waals surface area contributed by atoms with Gasteiger partial charge in [0.15, 0.2) is 9.84 Å². The van der Waals surface area contributed by atoms with Crippen molar-refractivity contribution in [2.24, 2.45) is 5.41 Å². The van der Waals surface area contributed by atoms with Gasteiger partial charge in [-0.25, -0.2) is 8.42 Å². The molecule has 0 aliphatic rings. The molecule has 0 aliphatic heterocycles. The molecule has 104 valence electrons. The Labute approximate surface area is 107 Å². The first kappa shape index (κ1) is 16.9. The van der Waals surface area contributed by atoms with Crippen molar-refractivity contribution in [1.29, 1.82) is 0 Å². The van der Waals surface area contributed by atoms with Crippen LogP contribution >= 0.6 is 0 Å². The van der Waals surface area contributed by atoms with Gasteiger partial charge in [0.2, 0.25) is 0 Å². The monoisotopic (exact) mass is 264 g/mol. The number of hydrogen-bond acceptors (Lipinski definition) is 4. The van der Waals surface area contributed by atoms with Crippen LogP contribution in [0.1, 0.15) is 27.2 Å². The Balaban J connectivity index is 3.85. The zero-order valence-electron chi connectivity index (χ0n) is 11.9. The van der Waals surface area contributed by atoms with Crippen molar-refractivity contribution in [2.75, 3.05) is 45.2 Å². The molecule has 0 aromatic heterocycles. The number of nitrogens with one attached hydrogen (secondary N) is 1. The number of sulfone groups is 1. The summed E-state index contributed by atoms with van der Waals surface area (Å²) < 4.78 is 23.0. The second-order valence-electron chi connectivity index (χ2n) is 5.73. The standard InChI is InChI=1S/C12H28N2O2S/c1-6-8-17(15,16)9-7-13-10-12(2,3)11-14(4)5/h13H,6-11H2,1-5H3. The van der Waals surface area contributed by atoms with Gasteiger partial charge >= 0.3 is 0 Å². The Kier molecular flexibility index (Phi) is 7.28. The topological polar surface area (TPSA) is 49.4 Å². The van der Waals surface area contributed by atoms with Crippen LogP contribution in [-0.4, -0.2) is 58.6 Å². The lowest BCUT2D eigenvalue weighted by atomic mass is 9.93. The summed E-state index contributed by atoms with van der Waals surface area (Å²) in [5, 5.41) is 3.24. The first-order valence-corrected chi connectivity index (χ1v) is 8.06. The van der Waals surface area contributed by atoms with E-state index < -0.39 is 9.84 Å². The van der Waals surface area contributed by atoms with Crippen molar-refractivity contribution in [3.05, 3.63) is 0 Å². The predicted molar refractivity (Wildman–Crippen MR) is 74.1 cm³/mol. The van der Waals surface area contributed by atoms with Crippen molar-refractivity contribution in [3.8, 4) is 0 Å². The fraction of sp³-hybridized carbons (Fsp3) is 1.00. The molecule has 0 amide bonds. The minimum absolute atomic E-state index is 0.165. The quantitative estimate of drug-likeness (QED) is 0.631. The van der Waals surface area contributed by atoms with Gasteiger partial charge < -0.3 is 10.2 Å². The van der Waals surface area contributed by atoms with Crippen molar-refractivity contribution in [1.82, 2.24) is 10.2 Å². The molecule has 0 aromatic rings. The van der Waals surface area contributed by atoms with Gasteiger partial charge in [0.05, 0.1) is 5.75 Å². The molecule has 0 aromatic carbocycles. The molecule has 0 saturated heterocycles. The molecule has 0 heterocycles. The fourth-order valence-electron chi connectivity index (χ4n) is 1.98. The molecule has 0 atom stereocenters. The minimum Gasteiger partial charge on any atom is -0.315 e. The summed E-state index contributed by atoms with van der Waals surface area (Å²) in [5.41, 5.74) is 0.165. The molecule has 1 N–H and O–H groups in total. The van der Waals surface area contributed by atoms with Gasteiger partial charge in [-0.2, -0.15) is 0 Å². The van der Waals surface area contributed by atoms with Gasteiger partial charge in [0.1, 0.15) is 0 Å². The highest BCUT2D eigenvalue weighted by Gasteiger charge is 2.18. The van der Waals surface area contributed by atoms with E-state index in [0.717, 1.165) is 13.1 Å². The normalized spacial score (nSPS) is 13.3. The van der Waals surface area contributed by atoms with Gasteiger partial charge in [-0.3, -0.25) is 0 Å². The molecular formula is C12H28N2O2S. The van der Waals surface area contributed by atoms with E-state index in [-0.39, 0.29) is 11.2 Å². The van der Waals surface area contributed by atoms with Crippen LogP contribution in [-0.2, 0) is 9.84 Å². The van der Waals surface area contributed by atoms with Crippen molar-refractivity contribution >= 4 is 9.84 Å². The molecule has 0 radical (unpaired) electrons. The van der Waals surface area contributed by atoms with E-state index in [1.807, 2.05) is 21.0 Å². The number of hydrogen-bond donors (Lipinski definition) is 1. The highest BCUT2D eigenvalue weighted by Crippen LogP contribution is 2.13. The molecule has 0 bridgehead atoms. The Morgan fingerprint density at radius 2 is 1.76 bits per heavy atom. The lowest BCUT2D eigenvalue weighted by Gasteiger charge is -2.28. The van der Waals surface area contributed by atoms with E-state index in [1.54, 1.807) is 0 Å². The van der Waals surface area contributed by atoms with E-state index in [2.05, 4.69) is 24.1 Å². The Hall–Kier alpha value is -0.130. The minimum atomic E-state index is -2.85. The second-order valence-corrected chi connectivity index (χ2v) is 8.03. The predicted octanol–water partition coefficient (Wildman–Crippen LogP) is 0.989. The highest BCUT2D eigenvalue weighted by atomic mass is 32.2. The average Bonchev–Trinajstić information content (AvgIpc) is 2.10. The summed E-state index contributed by atoms with van der Waals surface area (Å²) in [5.74, 6) is 0.550. The zero-order valence-corrected chi connectivity index (χ0v) is 12.7. The smallest absolute Gasteiger partial charge is 0.151 e. The summed E-state index contributed by atoms with van der Waals surface area (Å²) >= 11 is 0. The maximum absolute atomic E-state index is 11.5. The first-order valence-electron chi connectivity index (χ1n) is 6.24. The van der Waals surface area contributed by atoms with Crippen LogP contribution in [0.5, 0.6) is 0 Å². The van der Waals surface area contributed by atoms with Gasteiger partial charge in [-0.15, -0.1) is 0 Å². The molecule has 0 fully saturated rings. The SMILES string of the molecule is CCCS(=O)(=O)CCNCC(C)(C)CN(C)C. The van der Waals surface area contributed by atoms with Crippen LogP contribution in [0.25, 0.3) is 0 Å². The van der Waals surface area contributed by atoms with Crippen LogP contribution in [0.15, 0.2) is 0 Å². The third-order valence-electron chi connectivity index (χ3n) is 2.45. The van der Waals surface area contributed by atoms with Crippen LogP contribution in [0.3, 0.4) is 0 Å². The van der Waals surface area contributed by atoms with Gasteiger partial charge in [0, 0.05) is 25.4 Å². The van der Waals surface area contributed by atoms with Gasteiger partial charge in [-0.1, -0.05) is 20.8 Å². The lowest BCUT2D eigenvalue weighted by molar-refractivity contribution is 0.234. The Bertz CT molecular complexity index is 298. The summed E-state index contributed by atoms with van der Waals surface area (Å²) in [6.07, 6.45) is 0.703. The van der Waals surface area contributed by atoms with Crippen molar-refractivity contribution in [3.63, 3.8) is 0 Å². The number of rotatable bonds is 9. The lowest BCUT2D eigenvalue weighted by Crippen LogP contribution is -2.39. The van der Waals surface area contributed by atoms with E-state index in [0.29, 0.717) is 18.7 Å². The van der Waals surface area contributed by atoms with Crippen LogP contribution < -0.4 is 5.32 Å². The van der Waals surface area contributed by atoms with Crippen LogP contribution in [0.2, 0.25) is 0 Å². The highest BCUT2D eigenvalue weighted by molar-refractivity contribution is 7.91. The number of nitrogens with zero attached hydrogens (tertiary/aromatic N) is 1. The van der Waals surface area contributed by atoms with E-state index >= 15 is 0 Å². The maximum atomic E-state index is 11.5. The van der Waals surface area contributed by atoms with E-state index in [1.165, 1.54) is 0 Å². The summed E-state index contributed by atoms with van der Waals surface area (Å²) in [4.78, 5) is 2.15. The summed E-state index contributed by atoms with van der Waals surface area (Å²) in [7, 11) is 1.25. The molecule has 0 rings (SSSR count).